The number of nitrogens with two attached hydrogens (primary N) is 2. The molecule has 0 aromatic carbocycles. The lowest BCUT2D eigenvalue weighted by atomic mass is 10.1. The van der Waals surface area contributed by atoms with Crippen molar-refractivity contribution >= 4 is 17.6 Å². The number of hydrogen-bond acceptors (Lipinski definition) is 6. The van der Waals surface area contributed by atoms with Crippen LogP contribution < -0.4 is 16.4 Å². The van der Waals surface area contributed by atoms with Crippen LogP contribution in [0.15, 0.2) is 6.07 Å². The molecular weight excluding hydrogens is 230 g/mol. The van der Waals surface area contributed by atoms with E-state index in [0.717, 1.165) is 25.2 Å². The Bertz CT molecular complexity index is 347. The van der Waals surface area contributed by atoms with Crippen LogP contribution in [0, 0.1) is 0 Å². The minimum absolute atomic E-state index is 0.207. The third kappa shape index (κ3) is 3.73. The predicted octanol–water partition coefficient (Wildman–Crippen LogP) is 1.28. The van der Waals surface area contributed by atoms with E-state index < -0.39 is 0 Å². The van der Waals surface area contributed by atoms with Gasteiger partial charge in [-0.25, -0.2) is 0 Å². The number of anilines is 3. The zero-order valence-corrected chi connectivity index (χ0v) is 11.4. The largest absolute Gasteiger partial charge is 0.383 e. The van der Waals surface area contributed by atoms with Crippen LogP contribution in [0.2, 0.25) is 0 Å². The molecule has 18 heavy (non-hydrogen) atoms. The van der Waals surface area contributed by atoms with Crippen molar-refractivity contribution in [2.24, 2.45) is 0 Å². The van der Waals surface area contributed by atoms with Crippen molar-refractivity contribution in [1.82, 2.24) is 9.97 Å². The molecule has 1 aromatic rings. The van der Waals surface area contributed by atoms with Gasteiger partial charge in [0, 0.05) is 25.8 Å². The van der Waals surface area contributed by atoms with Crippen molar-refractivity contribution in [3.8, 4) is 0 Å². The van der Waals surface area contributed by atoms with Crippen LogP contribution in [-0.4, -0.2) is 36.3 Å². The molecule has 1 rings (SSSR count). The molecule has 0 aliphatic heterocycles. The van der Waals surface area contributed by atoms with E-state index in [2.05, 4.69) is 28.7 Å². The van der Waals surface area contributed by atoms with E-state index in [9.17, 15) is 0 Å². The molecule has 0 bridgehead atoms. The van der Waals surface area contributed by atoms with Gasteiger partial charge in [0.2, 0.25) is 5.95 Å². The van der Waals surface area contributed by atoms with Gasteiger partial charge in [0.25, 0.3) is 0 Å². The average Bonchev–Trinajstić information content (AvgIpc) is 2.33. The van der Waals surface area contributed by atoms with Gasteiger partial charge in [-0.2, -0.15) is 9.97 Å². The zero-order valence-electron chi connectivity index (χ0n) is 11.4. The number of hydrogen-bond donors (Lipinski definition) is 2. The fourth-order valence-corrected chi connectivity index (χ4v) is 2.02. The van der Waals surface area contributed by atoms with E-state index in [0.29, 0.717) is 18.5 Å². The first kappa shape index (κ1) is 14.5. The fourth-order valence-electron chi connectivity index (χ4n) is 2.02. The van der Waals surface area contributed by atoms with Gasteiger partial charge < -0.3 is 21.1 Å². The van der Waals surface area contributed by atoms with E-state index >= 15 is 0 Å². The molecule has 1 aromatic heterocycles. The van der Waals surface area contributed by atoms with Gasteiger partial charge in [0.1, 0.15) is 11.6 Å². The topological polar surface area (TPSA) is 90.3 Å². The maximum absolute atomic E-state index is 5.72. The number of methoxy groups -OCH3 is 1. The molecule has 0 unspecified atom stereocenters. The lowest BCUT2D eigenvalue weighted by Gasteiger charge is -2.31. The van der Waals surface area contributed by atoms with Gasteiger partial charge in [-0.3, -0.25) is 0 Å². The Hall–Kier alpha value is -1.56. The number of rotatable bonds is 7. The monoisotopic (exact) mass is 253 g/mol. The minimum atomic E-state index is 0.207. The van der Waals surface area contributed by atoms with Crippen molar-refractivity contribution in [1.29, 1.82) is 0 Å². The lowest BCUT2D eigenvalue weighted by molar-refractivity contribution is 0.202. The van der Waals surface area contributed by atoms with E-state index in [4.69, 9.17) is 16.2 Å². The summed E-state index contributed by atoms with van der Waals surface area (Å²) in [5.41, 5.74) is 11.4. The highest BCUT2D eigenvalue weighted by Crippen LogP contribution is 2.20. The Labute approximate surface area is 108 Å². The molecule has 0 radical (unpaired) electrons. The molecule has 0 saturated carbocycles. The van der Waals surface area contributed by atoms with Crippen molar-refractivity contribution in [3.63, 3.8) is 0 Å². The van der Waals surface area contributed by atoms with Crippen molar-refractivity contribution in [2.45, 2.75) is 32.7 Å². The Kier molecular flexibility index (Phi) is 5.64. The van der Waals surface area contributed by atoms with E-state index in [-0.39, 0.29) is 5.95 Å². The number of nitrogen functional groups attached to an aromatic ring is 2. The smallest absolute Gasteiger partial charge is 0.223 e. The fraction of sp³-hybridized carbons (Fsp3) is 0.667. The molecule has 4 N–H and O–H groups in total. The summed E-state index contributed by atoms with van der Waals surface area (Å²) in [5.74, 6) is 1.37. The molecule has 1 heterocycles. The molecule has 0 aliphatic rings. The predicted molar refractivity (Wildman–Crippen MR) is 74.4 cm³/mol. The van der Waals surface area contributed by atoms with Crippen molar-refractivity contribution in [2.75, 3.05) is 36.6 Å². The standard InChI is InChI=1S/C12H23N5O/c1-4-9(5-2)17(6-7-18-3)11-8-10(13)15-12(14)16-11/h8-9H,4-7H2,1-3H3,(H4,13,14,15,16). The molecule has 0 amide bonds. The van der Waals surface area contributed by atoms with Gasteiger partial charge in [-0.05, 0) is 12.8 Å². The highest BCUT2D eigenvalue weighted by Gasteiger charge is 2.17. The molecular formula is C12H23N5O. The van der Waals surface area contributed by atoms with Crippen molar-refractivity contribution in [3.05, 3.63) is 6.07 Å². The lowest BCUT2D eigenvalue weighted by Crippen LogP contribution is -2.38. The number of ether oxygens (including phenoxy) is 1. The van der Waals surface area contributed by atoms with Gasteiger partial charge in [0.05, 0.1) is 6.61 Å². The van der Waals surface area contributed by atoms with E-state index in [1.54, 1.807) is 13.2 Å². The quantitative estimate of drug-likeness (QED) is 0.760. The van der Waals surface area contributed by atoms with Crippen LogP contribution in [0.4, 0.5) is 17.6 Å². The third-order valence-corrected chi connectivity index (χ3v) is 2.96. The summed E-state index contributed by atoms with van der Waals surface area (Å²) in [4.78, 5) is 10.3. The van der Waals surface area contributed by atoms with Crippen LogP contribution >= 0.6 is 0 Å². The molecule has 6 nitrogen and oxygen atoms in total. The van der Waals surface area contributed by atoms with Gasteiger partial charge >= 0.3 is 0 Å². The summed E-state index contributed by atoms with van der Waals surface area (Å²) < 4.78 is 5.15. The molecule has 0 aliphatic carbocycles. The summed E-state index contributed by atoms with van der Waals surface area (Å²) in [5, 5.41) is 0. The normalized spacial score (nSPS) is 10.9. The van der Waals surface area contributed by atoms with Gasteiger partial charge in [0.15, 0.2) is 0 Å². The Balaban J connectivity index is 2.99. The Morgan fingerprint density at radius 3 is 2.44 bits per heavy atom. The second kappa shape index (κ2) is 7.00. The van der Waals surface area contributed by atoms with Crippen LogP contribution in [-0.2, 0) is 4.74 Å². The zero-order chi connectivity index (χ0) is 13.5. The van der Waals surface area contributed by atoms with Crippen LogP contribution in [0.5, 0.6) is 0 Å². The Morgan fingerprint density at radius 2 is 1.94 bits per heavy atom. The van der Waals surface area contributed by atoms with Crippen LogP contribution in [0.25, 0.3) is 0 Å². The van der Waals surface area contributed by atoms with Gasteiger partial charge in [-0.1, -0.05) is 13.8 Å². The SMILES string of the molecule is CCC(CC)N(CCOC)c1cc(N)nc(N)n1. The first-order valence-corrected chi connectivity index (χ1v) is 6.27. The molecule has 6 heteroatoms. The molecule has 0 saturated heterocycles. The molecule has 102 valence electrons. The second-order valence-corrected chi connectivity index (χ2v) is 4.17. The number of aromatic nitrogens is 2. The number of nitrogens with zero attached hydrogens (tertiary/aromatic N) is 3. The highest BCUT2D eigenvalue weighted by molar-refractivity contribution is 5.51. The van der Waals surface area contributed by atoms with Gasteiger partial charge in [-0.15, -0.1) is 0 Å². The Morgan fingerprint density at radius 1 is 1.28 bits per heavy atom. The van der Waals surface area contributed by atoms with E-state index in [1.165, 1.54) is 0 Å². The third-order valence-electron chi connectivity index (χ3n) is 2.96. The molecule has 0 spiro atoms. The highest BCUT2D eigenvalue weighted by atomic mass is 16.5. The molecule has 0 fully saturated rings. The molecule has 0 atom stereocenters. The summed E-state index contributed by atoms with van der Waals surface area (Å²) in [6.45, 7) is 5.71. The summed E-state index contributed by atoms with van der Waals surface area (Å²) in [7, 11) is 1.69. The maximum Gasteiger partial charge on any atom is 0.223 e. The first-order valence-electron chi connectivity index (χ1n) is 6.27. The maximum atomic E-state index is 5.72. The van der Waals surface area contributed by atoms with Crippen molar-refractivity contribution < 1.29 is 4.74 Å². The van der Waals surface area contributed by atoms with Crippen LogP contribution in [0.3, 0.4) is 0 Å². The first-order chi connectivity index (χ1) is 8.62. The average molecular weight is 253 g/mol. The second-order valence-electron chi connectivity index (χ2n) is 4.17. The minimum Gasteiger partial charge on any atom is -0.383 e. The van der Waals surface area contributed by atoms with E-state index in [1.807, 2.05) is 0 Å². The van der Waals surface area contributed by atoms with Crippen LogP contribution in [0.1, 0.15) is 26.7 Å². The summed E-state index contributed by atoms with van der Waals surface area (Å²) in [6.07, 6.45) is 2.06. The summed E-state index contributed by atoms with van der Waals surface area (Å²) in [6, 6.07) is 2.15. The summed E-state index contributed by atoms with van der Waals surface area (Å²) >= 11 is 0.